The van der Waals surface area contributed by atoms with Crippen LogP contribution in [0.4, 0.5) is 0 Å². The molecular weight excluding hydrogens is 346 g/mol. The lowest BCUT2D eigenvalue weighted by molar-refractivity contribution is 0.831. The van der Waals surface area contributed by atoms with E-state index in [0.717, 1.165) is 25.6 Å². The third kappa shape index (κ3) is 3.05. The van der Waals surface area contributed by atoms with Gasteiger partial charge in [-0.25, -0.2) is 0 Å². The van der Waals surface area contributed by atoms with Crippen LogP contribution in [0.1, 0.15) is 22.2 Å². The molecule has 0 bridgehead atoms. The Bertz CT molecular complexity index is 755. The molecule has 5 heteroatoms. The molecule has 1 aromatic heterocycles. The lowest BCUT2D eigenvalue weighted by Gasteiger charge is -2.07. The molecule has 0 radical (unpaired) electrons. The van der Waals surface area contributed by atoms with Gasteiger partial charge in [-0.05, 0) is 30.2 Å². The van der Waals surface area contributed by atoms with Crippen molar-refractivity contribution in [3.63, 3.8) is 0 Å². The predicted octanol–water partition coefficient (Wildman–Crippen LogP) is 4.32. The van der Waals surface area contributed by atoms with E-state index >= 15 is 0 Å². The van der Waals surface area contributed by atoms with Gasteiger partial charge in [0, 0.05) is 10.0 Å². The second-order valence-corrected chi connectivity index (χ2v) is 6.66. The molecule has 2 N–H and O–H groups in total. The number of aryl methyl sites for hydroxylation is 1. The summed E-state index contributed by atoms with van der Waals surface area (Å²) in [6.07, 6.45) is 0. The van der Waals surface area contributed by atoms with Gasteiger partial charge in [0.2, 0.25) is 0 Å². The van der Waals surface area contributed by atoms with Crippen molar-refractivity contribution in [2.45, 2.75) is 13.0 Å². The standard InChI is InChI=1S/C16H14BrN3S/c1-10-9-12(7-8-13(10)17)15-19-20-16(21-15)14(18)11-5-3-2-4-6-11/h2-9,14H,18H2,1H3. The Labute approximate surface area is 136 Å². The van der Waals surface area contributed by atoms with Crippen LogP contribution in [-0.4, -0.2) is 10.2 Å². The van der Waals surface area contributed by atoms with Crippen molar-refractivity contribution in [1.82, 2.24) is 10.2 Å². The SMILES string of the molecule is Cc1cc(-c2nnc(C(N)c3ccccc3)s2)ccc1Br. The molecule has 0 aliphatic rings. The molecular formula is C16H14BrN3S. The monoisotopic (exact) mass is 359 g/mol. The Kier molecular flexibility index (Phi) is 4.14. The van der Waals surface area contributed by atoms with E-state index in [1.54, 1.807) is 11.3 Å². The minimum atomic E-state index is -0.228. The van der Waals surface area contributed by atoms with E-state index in [4.69, 9.17) is 5.73 Å². The Hall–Kier alpha value is -1.56. The van der Waals surface area contributed by atoms with Gasteiger partial charge in [-0.15, -0.1) is 10.2 Å². The van der Waals surface area contributed by atoms with Gasteiger partial charge in [-0.3, -0.25) is 0 Å². The van der Waals surface area contributed by atoms with Crippen LogP contribution in [0.5, 0.6) is 0 Å². The van der Waals surface area contributed by atoms with Crippen LogP contribution >= 0.6 is 27.3 Å². The average molecular weight is 360 g/mol. The Morgan fingerprint density at radius 3 is 2.57 bits per heavy atom. The van der Waals surface area contributed by atoms with Crippen molar-refractivity contribution in [3.8, 4) is 10.6 Å². The number of hydrogen-bond donors (Lipinski definition) is 1. The Morgan fingerprint density at radius 1 is 1.10 bits per heavy atom. The summed E-state index contributed by atoms with van der Waals surface area (Å²) in [5.41, 5.74) is 9.56. The van der Waals surface area contributed by atoms with E-state index in [1.165, 1.54) is 5.56 Å². The minimum absolute atomic E-state index is 0.228. The summed E-state index contributed by atoms with van der Waals surface area (Å²) in [5, 5.41) is 10.3. The van der Waals surface area contributed by atoms with Gasteiger partial charge < -0.3 is 5.73 Å². The molecule has 0 saturated heterocycles. The van der Waals surface area contributed by atoms with Crippen molar-refractivity contribution in [1.29, 1.82) is 0 Å². The second-order valence-electron chi connectivity index (χ2n) is 4.80. The van der Waals surface area contributed by atoms with Crippen LogP contribution in [0.3, 0.4) is 0 Å². The highest BCUT2D eigenvalue weighted by molar-refractivity contribution is 9.10. The second kappa shape index (κ2) is 6.05. The smallest absolute Gasteiger partial charge is 0.147 e. The number of benzene rings is 2. The summed E-state index contributed by atoms with van der Waals surface area (Å²) >= 11 is 5.05. The third-order valence-corrected chi connectivity index (χ3v) is 5.22. The lowest BCUT2D eigenvalue weighted by Crippen LogP contribution is -2.11. The molecule has 1 atom stereocenters. The zero-order valence-corrected chi connectivity index (χ0v) is 13.9. The molecule has 1 heterocycles. The molecule has 0 fully saturated rings. The summed E-state index contributed by atoms with van der Waals surface area (Å²) < 4.78 is 1.09. The Morgan fingerprint density at radius 2 is 1.86 bits per heavy atom. The molecule has 3 nitrogen and oxygen atoms in total. The molecule has 21 heavy (non-hydrogen) atoms. The van der Waals surface area contributed by atoms with Gasteiger partial charge in [0.15, 0.2) is 0 Å². The number of halogens is 1. The van der Waals surface area contributed by atoms with Crippen molar-refractivity contribution in [2.75, 3.05) is 0 Å². The van der Waals surface area contributed by atoms with Gasteiger partial charge in [0.05, 0.1) is 6.04 Å². The number of rotatable bonds is 3. The van der Waals surface area contributed by atoms with Crippen molar-refractivity contribution < 1.29 is 0 Å². The first-order valence-electron chi connectivity index (χ1n) is 6.55. The highest BCUT2D eigenvalue weighted by Gasteiger charge is 2.15. The fraction of sp³-hybridized carbons (Fsp3) is 0.125. The summed E-state index contributed by atoms with van der Waals surface area (Å²) in [5.74, 6) is 0. The number of hydrogen-bond acceptors (Lipinski definition) is 4. The maximum atomic E-state index is 6.26. The fourth-order valence-electron chi connectivity index (χ4n) is 2.06. The summed E-state index contributed by atoms with van der Waals surface area (Å²) in [6, 6.07) is 15.9. The first-order valence-corrected chi connectivity index (χ1v) is 8.16. The molecule has 0 saturated carbocycles. The maximum absolute atomic E-state index is 6.26. The average Bonchev–Trinajstić information content (AvgIpc) is 3.00. The summed E-state index contributed by atoms with van der Waals surface area (Å²) in [4.78, 5) is 0. The molecule has 3 aromatic rings. The summed E-state index contributed by atoms with van der Waals surface area (Å²) in [6.45, 7) is 2.06. The quantitative estimate of drug-likeness (QED) is 0.757. The largest absolute Gasteiger partial charge is 0.318 e. The van der Waals surface area contributed by atoms with E-state index in [9.17, 15) is 0 Å². The van der Waals surface area contributed by atoms with E-state index < -0.39 is 0 Å². The molecule has 0 amide bonds. The molecule has 106 valence electrons. The van der Waals surface area contributed by atoms with Gasteiger partial charge in [-0.1, -0.05) is 63.7 Å². The van der Waals surface area contributed by atoms with E-state index in [-0.39, 0.29) is 6.04 Å². The van der Waals surface area contributed by atoms with Crippen LogP contribution in [0.2, 0.25) is 0 Å². The molecule has 0 spiro atoms. The predicted molar refractivity (Wildman–Crippen MR) is 90.3 cm³/mol. The first kappa shape index (κ1) is 14.4. The van der Waals surface area contributed by atoms with E-state index in [1.807, 2.05) is 42.5 Å². The highest BCUT2D eigenvalue weighted by atomic mass is 79.9. The third-order valence-electron chi connectivity index (χ3n) is 3.27. The number of aromatic nitrogens is 2. The van der Waals surface area contributed by atoms with E-state index in [0.29, 0.717) is 0 Å². The molecule has 3 rings (SSSR count). The van der Waals surface area contributed by atoms with Crippen LogP contribution in [0, 0.1) is 6.92 Å². The normalized spacial score (nSPS) is 12.3. The van der Waals surface area contributed by atoms with Gasteiger partial charge in [0.25, 0.3) is 0 Å². The van der Waals surface area contributed by atoms with Crippen LogP contribution in [0.25, 0.3) is 10.6 Å². The zero-order valence-electron chi connectivity index (χ0n) is 11.5. The molecule has 2 aromatic carbocycles. The Balaban J connectivity index is 1.91. The van der Waals surface area contributed by atoms with Crippen LogP contribution < -0.4 is 5.73 Å². The number of nitrogens with zero attached hydrogens (tertiary/aromatic N) is 2. The lowest BCUT2D eigenvalue weighted by atomic mass is 10.1. The van der Waals surface area contributed by atoms with E-state index in [2.05, 4.69) is 39.1 Å². The van der Waals surface area contributed by atoms with Gasteiger partial charge in [-0.2, -0.15) is 0 Å². The van der Waals surface area contributed by atoms with Gasteiger partial charge in [0.1, 0.15) is 10.0 Å². The van der Waals surface area contributed by atoms with Crippen LogP contribution in [-0.2, 0) is 0 Å². The maximum Gasteiger partial charge on any atom is 0.147 e. The van der Waals surface area contributed by atoms with Crippen molar-refractivity contribution in [3.05, 3.63) is 69.1 Å². The molecule has 1 unspecified atom stereocenters. The topological polar surface area (TPSA) is 51.8 Å². The summed E-state index contributed by atoms with van der Waals surface area (Å²) in [7, 11) is 0. The highest BCUT2D eigenvalue weighted by Crippen LogP contribution is 2.30. The minimum Gasteiger partial charge on any atom is -0.318 e. The van der Waals surface area contributed by atoms with Crippen LogP contribution in [0.15, 0.2) is 53.0 Å². The molecule has 0 aliphatic heterocycles. The van der Waals surface area contributed by atoms with Gasteiger partial charge >= 0.3 is 0 Å². The number of nitrogens with two attached hydrogens (primary N) is 1. The van der Waals surface area contributed by atoms with Crippen molar-refractivity contribution in [2.24, 2.45) is 5.73 Å². The fourth-order valence-corrected chi connectivity index (χ4v) is 3.17. The zero-order chi connectivity index (χ0) is 14.8. The molecule has 0 aliphatic carbocycles. The first-order chi connectivity index (χ1) is 10.1. The van der Waals surface area contributed by atoms with Crippen molar-refractivity contribution >= 4 is 27.3 Å².